The summed E-state index contributed by atoms with van der Waals surface area (Å²) in [5.74, 6) is -0.411. The van der Waals surface area contributed by atoms with Crippen LogP contribution in [0.3, 0.4) is 0 Å². The van der Waals surface area contributed by atoms with E-state index in [1.807, 2.05) is 23.1 Å². The predicted molar refractivity (Wildman–Crippen MR) is 128 cm³/mol. The molecular formula is C22H31N3O5S2. The molecule has 2 aliphatic heterocycles. The van der Waals surface area contributed by atoms with Gasteiger partial charge in [-0.05, 0) is 44.7 Å². The van der Waals surface area contributed by atoms with Crippen LogP contribution in [-0.4, -0.2) is 60.5 Å². The van der Waals surface area contributed by atoms with Crippen molar-refractivity contribution in [2.75, 3.05) is 23.0 Å². The molecular weight excluding hydrogens is 450 g/mol. The first-order valence-corrected chi connectivity index (χ1v) is 13.5. The number of sulfone groups is 1. The number of hydrogen-bond acceptors (Lipinski definition) is 6. The highest BCUT2D eigenvalue weighted by Gasteiger charge is 2.50. The molecule has 3 rings (SSSR count). The third-order valence-electron chi connectivity index (χ3n) is 5.28. The Bertz CT molecular complexity index is 1010. The molecule has 10 heteroatoms. The van der Waals surface area contributed by atoms with Crippen molar-refractivity contribution >= 4 is 44.5 Å². The zero-order valence-electron chi connectivity index (χ0n) is 19.2. The minimum Gasteiger partial charge on any atom is -0.444 e. The van der Waals surface area contributed by atoms with Gasteiger partial charge in [0.25, 0.3) is 5.91 Å². The summed E-state index contributed by atoms with van der Waals surface area (Å²) in [5, 5.41) is 2.74. The van der Waals surface area contributed by atoms with E-state index in [0.29, 0.717) is 5.17 Å². The Labute approximate surface area is 194 Å². The molecule has 1 N–H and O–H groups in total. The van der Waals surface area contributed by atoms with E-state index in [9.17, 15) is 18.0 Å². The quantitative estimate of drug-likeness (QED) is 0.689. The van der Waals surface area contributed by atoms with E-state index in [1.54, 1.807) is 20.8 Å². The second-order valence-electron chi connectivity index (χ2n) is 8.95. The number of ether oxygens (including phenoxy) is 1. The number of fused-ring (bicyclic) bond motifs is 1. The van der Waals surface area contributed by atoms with Crippen molar-refractivity contribution in [2.45, 2.75) is 64.4 Å². The van der Waals surface area contributed by atoms with Gasteiger partial charge in [-0.25, -0.2) is 13.2 Å². The summed E-state index contributed by atoms with van der Waals surface area (Å²) < 4.78 is 29.8. The molecule has 2 amide bonds. The highest BCUT2D eigenvalue weighted by atomic mass is 32.2. The maximum absolute atomic E-state index is 12.6. The molecule has 2 saturated heterocycles. The molecule has 2 heterocycles. The second kappa shape index (κ2) is 9.43. The van der Waals surface area contributed by atoms with Crippen LogP contribution in [0.25, 0.3) is 0 Å². The first kappa shape index (κ1) is 24.6. The SMILES string of the molecule is CCc1cccc(CC)c1N1C(=NC(=O)CNC(=O)OC(C)(C)C)S[C@H]2CS(=O)(=O)C[C@@H]21. The number of carbonyl (C=O) groups excluding carboxylic acids is 2. The van der Waals surface area contributed by atoms with Crippen molar-refractivity contribution in [1.82, 2.24) is 5.32 Å². The van der Waals surface area contributed by atoms with E-state index in [-0.39, 0.29) is 29.3 Å². The van der Waals surface area contributed by atoms with Gasteiger partial charge in [0.2, 0.25) is 0 Å². The Morgan fingerprint density at radius 2 is 1.81 bits per heavy atom. The standard InChI is InChI=1S/C22H31N3O5S2/c1-6-14-9-8-10-15(7-2)19(14)25-16-12-32(28,29)13-17(16)31-20(25)24-18(26)11-23-21(27)30-22(3,4)5/h8-10,16-17H,6-7,11-13H2,1-5H3,(H,23,27)/t16-,17-/m0/s1. The lowest BCUT2D eigenvalue weighted by Gasteiger charge is -2.29. The van der Waals surface area contributed by atoms with E-state index in [4.69, 9.17) is 4.74 Å². The number of amides is 2. The van der Waals surface area contributed by atoms with Crippen molar-refractivity contribution in [1.29, 1.82) is 0 Å². The van der Waals surface area contributed by atoms with E-state index in [1.165, 1.54) is 11.8 Å². The lowest BCUT2D eigenvalue weighted by Crippen LogP contribution is -2.39. The van der Waals surface area contributed by atoms with Gasteiger partial charge in [-0.1, -0.05) is 43.8 Å². The van der Waals surface area contributed by atoms with Crippen molar-refractivity contribution in [3.8, 4) is 0 Å². The van der Waals surface area contributed by atoms with Crippen LogP contribution in [0.15, 0.2) is 23.2 Å². The summed E-state index contributed by atoms with van der Waals surface area (Å²) in [6, 6.07) is 5.78. The Morgan fingerprint density at radius 1 is 1.19 bits per heavy atom. The van der Waals surface area contributed by atoms with Gasteiger partial charge in [0.15, 0.2) is 15.0 Å². The highest BCUT2D eigenvalue weighted by molar-refractivity contribution is 8.16. The number of benzene rings is 1. The van der Waals surface area contributed by atoms with E-state index < -0.39 is 27.4 Å². The first-order chi connectivity index (χ1) is 14.9. The minimum absolute atomic E-state index is 0.0369. The van der Waals surface area contributed by atoms with Gasteiger partial charge in [0.1, 0.15) is 12.1 Å². The average Bonchev–Trinajstić information content (AvgIpc) is 3.15. The topological polar surface area (TPSA) is 105 Å². The Hall–Kier alpha value is -2.07. The number of aliphatic imine (C=N–C) groups is 1. The fourth-order valence-electron chi connectivity index (χ4n) is 3.96. The van der Waals surface area contributed by atoms with Crippen LogP contribution in [0.2, 0.25) is 0 Å². The number of anilines is 1. The number of amidine groups is 1. The smallest absolute Gasteiger partial charge is 0.408 e. The van der Waals surface area contributed by atoms with Crippen LogP contribution in [0.5, 0.6) is 0 Å². The third kappa shape index (κ3) is 5.64. The molecule has 0 radical (unpaired) electrons. The average molecular weight is 482 g/mol. The zero-order valence-corrected chi connectivity index (χ0v) is 20.8. The number of rotatable bonds is 5. The molecule has 2 aliphatic rings. The number of aryl methyl sites for hydroxylation is 2. The largest absolute Gasteiger partial charge is 0.444 e. The van der Waals surface area contributed by atoms with Crippen LogP contribution >= 0.6 is 11.8 Å². The van der Waals surface area contributed by atoms with Crippen molar-refractivity contribution in [2.24, 2.45) is 4.99 Å². The Kier molecular flexibility index (Phi) is 7.24. The molecule has 1 aromatic carbocycles. The molecule has 0 saturated carbocycles. The number of nitrogens with zero attached hydrogens (tertiary/aromatic N) is 2. The Balaban J connectivity index is 1.90. The highest BCUT2D eigenvalue weighted by Crippen LogP contribution is 2.43. The molecule has 8 nitrogen and oxygen atoms in total. The molecule has 2 fully saturated rings. The summed E-state index contributed by atoms with van der Waals surface area (Å²) in [4.78, 5) is 30.7. The molecule has 0 bridgehead atoms. The van der Waals surface area contributed by atoms with E-state index >= 15 is 0 Å². The van der Waals surface area contributed by atoms with Crippen LogP contribution < -0.4 is 10.2 Å². The summed E-state index contributed by atoms with van der Waals surface area (Å²) in [7, 11) is -3.15. The maximum Gasteiger partial charge on any atom is 0.408 e. The number of para-hydroxylation sites is 1. The Morgan fingerprint density at radius 3 is 2.38 bits per heavy atom. The van der Waals surface area contributed by atoms with Gasteiger partial charge in [0.05, 0.1) is 17.5 Å². The normalized spacial score (nSPS) is 23.3. The van der Waals surface area contributed by atoms with Gasteiger partial charge in [0, 0.05) is 10.9 Å². The fraction of sp³-hybridized carbons (Fsp3) is 0.591. The molecule has 0 aliphatic carbocycles. The van der Waals surface area contributed by atoms with Crippen molar-refractivity contribution < 1.29 is 22.7 Å². The monoisotopic (exact) mass is 481 g/mol. The lowest BCUT2D eigenvalue weighted by molar-refractivity contribution is -0.117. The maximum atomic E-state index is 12.6. The zero-order chi connectivity index (χ0) is 23.7. The number of thioether (sulfide) groups is 1. The lowest BCUT2D eigenvalue weighted by atomic mass is 10.0. The van der Waals surface area contributed by atoms with E-state index in [0.717, 1.165) is 29.7 Å². The van der Waals surface area contributed by atoms with Crippen molar-refractivity contribution in [3.05, 3.63) is 29.3 Å². The van der Waals surface area contributed by atoms with Gasteiger partial charge in [-0.3, -0.25) is 4.79 Å². The summed E-state index contributed by atoms with van der Waals surface area (Å²) in [6.45, 7) is 9.03. The van der Waals surface area contributed by atoms with Crippen LogP contribution in [0.1, 0.15) is 45.7 Å². The molecule has 1 aromatic rings. The van der Waals surface area contributed by atoms with Crippen LogP contribution in [0, 0.1) is 0 Å². The molecule has 176 valence electrons. The molecule has 0 unspecified atom stereocenters. The minimum atomic E-state index is -3.15. The van der Waals surface area contributed by atoms with Gasteiger partial charge < -0.3 is 15.0 Å². The van der Waals surface area contributed by atoms with Crippen LogP contribution in [-0.2, 0) is 32.2 Å². The summed E-state index contributed by atoms with van der Waals surface area (Å²) in [5.41, 5.74) is 2.45. The summed E-state index contributed by atoms with van der Waals surface area (Å²) >= 11 is 1.33. The first-order valence-electron chi connectivity index (χ1n) is 10.8. The fourth-order valence-corrected chi connectivity index (χ4v) is 7.88. The van der Waals surface area contributed by atoms with Crippen molar-refractivity contribution in [3.63, 3.8) is 0 Å². The van der Waals surface area contributed by atoms with E-state index in [2.05, 4.69) is 24.2 Å². The van der Waals surface area contributed by atoms with Gasteiger partial charge >= 0.3 is 6.09 Å². The number of alkyl carbamates (subject to hydrolysis) is 1. The molecule has 32 heavy (non-hydrogen) atoms. The molecule has 0 spiro atoms. The number of nitrogens with one attached hydrogen (secondary N) is 1. The third-order valence-corrected chi connectivity index (χ3v) is 8.49. The number of carbonyl (C=O) groups is 2. The number of hydrogen-bond donors (Lipinski definition) is 1. The molecule has 2 atom stereocenters. The van der Waals surface area contributed by atoms with Gasteiger partial charge in [-0.15, -0.1) is 0 Å². The van der Waals surface area contributed by atoms with Gasteiger partial charge in [-0.2, -0.15) is 4.99 Å². The molecule has 0 aromatic heterocycles. The second-order valence-corrected chi connectivity index (χ2v) is 12.3. The van der Waals surface area contributed by atoms with Crippen LogP contribution in [0.4, 0.5) is 10.5 Å². The predicted octanol–water partition coefficient (Wildman–Crippen LogP) is 2.94. The summed E-state index contributed by atoms with van der Waals surface area (Å²) in [6.07, 6.45) is 0.862.